The number of thiazole rings is 1. The van der Waals surface area contributed by atoms with Gasteiger partial charge in [-0.3, -0.25) is 14.4 Å². The van der Waals surface area contributed by atoms with Crippen molar-refractivity contribution in [3.05, 3.63) is 35.7 Å². The molecule has 2 aromatic rings. The average Bonchev–Trinajstić information content (AvgIpc) is 3.47. The highest BCUT2D eigenvalue weighted by molar-refractivity contribution is 7.13. The number of ether oxygens (including phenoxy) is 1. The highest BCUT2D eigenvalue weighted by atomic mass is 32.1. The molecule has 0 radical (unpaired) electrons. The molecule has 0 aliphatic carbocycles. The van der Waals surface area contributed by atoms with Gasteiger partial charge in [0.15, 0.2) is 5.13 Å². The lowest BCUT2D eigenvalue weighted by atomic mass is 10.2. The van der Waals surface area contributed by atoms with Gasteiger partial charge in [-0.05, 0) is 25.0 Å². The summed E-state index contributed by atoms with van der Waals surface area (Å²) in [6.45, 7) is 1.16. The Morgan fingerprint density at radius 1 is 1.28 bits per heavy atom. The Morgan fingerprint density at radius 3 is 2.86 bits per heavy atom. The van der Waals surface area contributed by atoms with Crippen molar-refractivity contribution in [2.45, 2.75) is 38.3 Å². The molecule has 156 valence electrons. The number of furan rings is 1. The number of amides is 3. The molecule has 0 bridgehead atoms. The number of rotatable bonds is 10. The first-order valence-corrected chi connectivity index (χ1v) is 10.4. The van der Waals surface area contributed by atoms with E-state index in [1.165, 1.54) is 22.5 Å². The molecule has 29 heavy (non-hydrogen) atoms. The molecule has 1 aliphatic rings. The van der Waals surface area contributed by atoms with Crippen LogP contribution >= 0.6 is 11.3 Å². The van der Waals surface area contributed by atoms with E-state index < -0.39 is 0 Å². The highest BCUT2D eigenvalue weighted by Crippen LogP contribution is 2.15. The van der Waals surface area contributed by atoms with Gasteiger partial charge in [-0.1, -0.05) is 0 Å². The molecule has 1 aliphatic heterocycles. The lowest BCUT2D eigenvalue weighted by molar-refractivity contribution is -0.138. The maximum atomic E-state index is 12.7. The van der Waals surface area contributed by atoms with Crippen LogP contribution in [0, 0.1) is 0 Å². The van der Waals surface area contributed by atoms with Gasteiger partial charge in [0, 0.05) is 37.6 Å². The smallest absolute Gasteiger partial charge is 0.240 e. The number of nitrogens with one attached hydrogen (secondary N) is 2. The molecule has 2 N–H and O–H groups in total. The second kappa shape index (κ2) is 10.7. The molecule has 2 aromatic heterocycles. The molecular weight excluding hydrogens is 396 g/mol. The van der Waals surface area contributed by atoms with Gasteiger partial charge in [0.1, 0.15) is 5.76 Å². The van der Waals surface area contributed by atoms with Gasteiger partial charge in [-0.15, -0.1) is 11.3 Å². The molecule has 0 spiro atoms. The minimum absolute atomic E-state index is 0.00932. The zero-order valence-corrected chi connectivity index (χ0v) is 16.8. The van der Waals surface area contributed by atoms with Crippen molar-refractivity contribution in [1.29, 1.82) is 0 Å². The molecule has 3 heterocycles. The van der Waals surface area contributed by atoms with Crippen LogP contribution in [0.2, 0.25) is 0 Å². The third kappa shape index (κ3) is 6.99. The normalized spacial score (nSPS) is 15.8. The first kappa shape index (κ1) is 21.0. The fourth-order valence-corrected chi connectivity index (χ4v) is 3.51. The van der Waals surface area contributed by atoms with Gasteiger partial charge < -0.3 is 24.7 Å². The summed E-state index contributed by atoms with van der Waals surface area (Å²) in [5.74, 6) is -0.204. The van der Waals surface area contributed by atoms with Crippen molar-refractivity contribution in [3.8, 4) is 0 Å². The molecule has 3 amide bonds. The molecule has 0 saturated carbocycles. The summed E-state index contributed by atoms with van der Waals surface area (Å²) in [7, 11) is 0. The van der Waals surface area contributed by atoms with E-state index in [9.17, 15) is 14.4 Å². The number of aromatic nitrogens is 1. The Balaban J connectivity index is 1.49. The summed E-state index contributed by atoms with van der Waals surface area (Å²) < 4.78 is 10.8. The minimum atomic E-state index is -0.292. The fraction of sp³-hybridized carbons (Fsp3) is 0.474. The Hall–Kier alpha value is -2.72. The van der Waals surface area contributed by atoms with E-state index in [2.05, 4.69) is 15.6 Å². The lowest BCUT2D eigenvalue weighted by Crippen LogP contribution is -2.44. The predicted octanol–water partition coefficient (Wildman–Crippen LogP) is 1.78. The molecule has 1 fully saturated rings. The molecule has 1 saturated heterocycles. The van der Waals surface area contributed by atoms with E-state index in [-0.39, 0.29) is 49.8 Å². The lowest BCUT2D eigenvalue weighted by Gasteiger charge is -2.25. The van der Waals surface area contributed by atoms with Crippen LogP contribution in [0.25, 0.3) is 0 Å². The molecule has 0 aromatic carbocycles. The van der Waals surface area contributed by atoms with Crippen LogP contribution < -0.4 is 10.6 Å². The number of carbonyl (C=O) groups excluding carboxylic acids is 3. The Kier molecular flexibility index (Phi) is 7.77. The summed E-state index contributed by atoms with van der Waals surface area (Å²) >= 11 is 1.31. The molecule has 1 unspecified atom stereocenters. The van der Waals surface area contributed by atoms with Crippen LogP contribution in [0.3, 0.4) is 0 Å². The van der Waals surface area contributed by atoms with Gasteiger partial charge in [0.25, 0.3) is 0 Å². The molecule has 9 nitrogen and oxygen atoms in total. The molecule has 10 heteroatoms. The number of hydrogen-bond donors (Lipinski definition) is 2. The Bertz CT molecular complexity index is 788. The Labute approximate surface area is 172 Å². The zero-order chi connectivity index (χ0) is 20.5. The van der Waals surface area contributed by atoms with Crippen LogP contribution in [0.5, 0.6) is 0 Å². The minimum Gasteiger partial charge on any atom is -0.467 e. The van der Waals surface area contributed by atoms with Crippen molar-refractivity contribution in [2.75, 3.05) is 25.0 Å². The number of hydrogen-bond acceptors (Lipinski definition) is 7. The van der Waals surface area contributed by atoms with E-state index in [0.29, 0.717) is 24.0 Å². The van der Waals surface area contributed by atoms with E-state index in [4.69, 9.17) is 9.15 Å². The average molecular weight is 420 g/mol. The third-order valence-corrected chi connectivity index (χ3v) is 5.11. The summed E-state index contributed by atoms with van der Waals surface area (Å²) in [5, 5.41) is 7.64. The number of nitrogens with zero attached hydrogens (tertiary/aromatic N) is 2. The summed E-state index contributed by atoms with van der Waals surface area (Å²) in [4.78, 5) is 42.4. The van der Waals surface area contributed by atoms with Crippen molar-refractivity contribution < 1.29 is 23.5 Å². The second-order valence-corrected chi connectivity index (χ2v) is 7.55. The predicted molar refractivity (Wildman–Crippen MR) is 106 cm³/mol. The van der Waals surface area contributed by atoms with Crippen LogP contribution in [0.1, 0.15) is 31.4 Å². The van der Waals surface area contributed by atoms with Gasteiger partial charge in [-0.25, -0.2) is 4.98 Å². The van der Waals surface area contributed by atoms with Crippen molar-refractivity contribution in [2.24, 2.45) is 0 Å². The van der Waals surface area contributed by atoms with Crippen molar-refractivity contribution in [3.63, 3.8) is 0 Å². The van der Waals surface area contributed by atoms with Crippen LogP contribution in [0.15, 0.2) is 34.4 Å². The number of carbonyl (C=O) groups is 3. The number of anilines is 1. The van der Waals surface area contributed by atoms with Crippen LogP contribution in [-0.2, 0) is 25.7 Å². The summed E-state index contributed by atoms with van der Waals surface area (Å²) in [6, 6.07) is 3.50. The summed E-state index contributed by atoms with van der Waals surface area (Å²) in [6.07, 6.45) is 4.86. The van der Waals surface area contributed by atoms with Gasteiger partial charge >= 0.3 is 0 Å². The standard InChI is InChI=1S/C19H24N4O5S/c24-16(22-19-20-7-10-29-19)5-6-18(26)23(12-15-4-2-9-28-15)13-17(25)21-11-14-3-1-8-27-14/h1,3,7-8,10,15H,2,4-6,9,11-13H2,(H,21,25)(H,20,22,24). The van der Waals surface area contributed by atoms with Gasteiger partial charge in [0.2, 0.25) is 17.7 Å². The second-order valence-electron chi connectivity index (χ2n) is 6.65. The summed E-state index contributed by atoms with van der Waals surface area (Å²) in [5.41, 5.74) is 0. The third-order valence-electron chi connectivity index (χ3n) is 4.42. The monoisotopic (exact) mass is 420 g/mol. The first-order chi connectivity index (χ1) is 14.1. The zero-order valence-electron chi connectivity index (χ0n) is 16.0. The SMILES string of the molecule is O=C(CN(CC1CCCO1)C(=O)CCC(=O)Nc1nccs1)NCc1ccco1. The van der Waals surface area contributed by atoms with Gasteiger partial charge in [-0.2, -0.15) is 0 Å². The van der Waals surface area contributed by atoms with Crippen LogP contribution in [0.4, 0.5) is 5.13 Å². The topological polar surface area (TPSA) is 114 Å². The Morgan fingerprint density at radius 2 is 2.17 bits per heavy atom. The molecule has 3 rings (SSSR count). The van der Waals surface area contributed by atoms with E-state index in [0.717, 1.165) is 12.8 Å². The maximum absolute atomic E-state index is 12.7. The quantitative estimate of drug-likeness (QED) is 0.606. The van der Waals surface area contributed by atoms with Crippen molar-refractivity contribution in [1.82, 2.24) is 15.2 Å². The van der Waals surface area contributed by atoms with E-state index >= 15 is 0 Å². The maximum Gasteiger partial charge on any atom is 0.240 e. The van der Waals surface area contributed by atoms with E-state index in [1.54, 1.807) is 23.7 Å². The highest BCUT2D eigenvalue weighted by Gasteiger charge is 2.24. The van der Waals surface area contributed by atoms with Crippen molar-refractivity contribution >= 4 is 34.2 Å². The first-order valence-electron chi connectivity index (χ1n) is 9.48. The largest absolute Gasteiger partial charge is 0.467 e. The van der Waals surface area contributed by atoms with Crippen LogP contribution in [-0.4, -0.2) is 53.4 Å². The van der Waals surface area contributed by atoms with Gasteiger partial charge in [0.05, 0.1) is 25.5 Å². The fourth-order valence-electron chi connectivity index (χ4n) is 2.96. The molecule has 1 atom stereocenters. The van der Waals surface area contributed by atoms with E-state index in [1.807, 2.05) is 0 Å². The molecular formula is C19H24N4O5S.